The van der Waals surface area contributed by atoms with E-state index in [2.05, 4.69) is 14.7 Å². The predicted octanol–water partition coefficient (Wildman–Crippen LogP) is 2.26. The lowest BCUT2D eigenvalue weighted by molar-refractivity contribution is -0.383. The molecule has 0 amide bonds. The Bertz CT molecular complexity index is 1180. The lowest BCUT2D eigenvalue weighted by Gasteiger charge is -2.03. The molecule has 2 heterocycles. The number of carboxylic acid groups (broad SMARTS) is 1. The van der Waals surface area contributed by atoms with Crippen LogP contribution in [0.4, 0.5) is 5.69 Å². The minimum atomic E-state index is -3.45. The molecule has 12 heteroatoms. The van der Waals surface area contributed by atoms with Crippen LogP contribution in [0.3, 0.4) is 0 Å². The number of nitrogens with zero attached hydrogens (tertiary/aromatic N) is 2. The molecule has 3 N–H and O–H groups in total. The van der Waals surface area contributed by atoms with Crippen LogP contribution in [0.15, 0.2) is 18.2 Å². The Morgan fingerprint density at radius 3 is 2.67 bits per heavy atom. The van der Waals surface area contributed by atoms with Gasteiger partial charge in [-0.1, -0.05) is 0 Å². The smallest absolute Gasteiger partial charge is 0.347 e. The molecule has 0 aliphatic heterocycles. The van der Waals surface area contributed by atoms with E-state index in [0.717, 1.165) is 17.6 Å². The van der Waals surface area contributed by atoms with Gasteiger partial charge in [-0.15, -0.1) is 11.3 Å². The fourth-order valence-corrected chi connectivity index (χ4v) is 3.88. The highest BCUT2D eigenvalue weighted by molar-refractivity contribution is 7.88. The van der Waals surface area contributed by atoms with Gasteiger partial charge in [0, 0.05) is 18.0 Å². The van der Waals surface area contributed by atoms with E-state index in [0.29, 0.717) is 27.3 Å². The van der Waals surface area contributed by atoms with Gasteiger partial charge in [0.1, 0.15) is 15.4 Å². The SMILES string of the molecule is Cc1nc(-c2cc3cc(CNS(C)(=O)=O)cc([N+](=O)[O-])c3[nH]2)sc1C(=O)O. The normalized spacial score (nSPS) is 11.8. The number of aromatic amines is 1. The number of benzene rings is 1. The molecule has 10 nitrogen and oxygen atoms in total. The van der Waals surface area contributed by atoms with Crippen molar-refractivity contribution in [1.29, 1.82) is 0 Å². The van der Waals surface area contributed by atoms with Gasteiger partial charge in [0.2, 0.25) is 10.0 Å². The predicted molar refractivity (Wildman–Crippen MR) is 99.4 cm³/mol. The van der Waals surface area contributed by atoms with Crippen molar-refractivity contribution in [1.82, 2.24) is 14.7 Å². The van der Waals surface area contributed by atoms with E-state index < -0.39 is 20.9 Å². The van der Waals surface area contributed by atoms with Gasteiger partial charge in [-0.25, -0.2) is 22.9 Å². The van der Waals surface area contributed by atoms with Gasteiger partial charge in [0.25, 0.3) is 5.69 Å². The summed E-state index contributed by atoms with van der Waals surface area (Å²) in [6.45, 7) is 1.49. The summed E-state index contributed by atoms with van der Waals surface area (Å²) < 4.78 is 24.8. The van der Waals surface area contributed by atoms with Crippen LogP contribution in [0, 0.1) is 17.0 Å². The summed E-state index contributed by atoms with van der Waals surface area (Å²) in [5, 5.41) is 21.5. The van der Waals surface area contributed by atoms with E-state index in [1.54, 1.807) is 19.1 Å². The van der Waals surface area contributed by atoms with Gasteiger partial charge in [-0.2, -0.15) is 0 Å². The molecule has 0 fully saturated rings. The highest BCUT2D eigenvalue weighted by Gasteiger charge is 2.20. The molecule has 0 bridgehead atoms. The standard InChI is InChI=1S/C15H14N4O6S2/c1-7-13(15(20)21)26-14(17-7)10-5-9-3-8(6-16-27(2,24)25)4-11(19(22)23)12(9)18-10/h3-5,16,18H,6H2,1-2H3,(H,20,21). The number of hydrogen-bond acceptors (Lipinski definition) is 7. The summed E-state index contributed by atoms with van der Waals surface area (Å²) in [5.74, 6) is -1.09. The number of carboxylic acids is 1. The number of nitrogens with one attached hydrogen (secondary N) is 2. The minimum absolute atomic E-state index is 0.0876. The van der Waals surface area contributed by atoms with E-state index in [1.807, 2.05) is 0 Å². The average molecular weight is 410 g/mol. The van der Waals surface area contributed by atoms with Crippen LogP contribution in [-0.4, -0.2) is 40.6 Å². The first-order valence-electron chi connectivity index (χ1n) is 7.51. The first-order valence-corrected chi connectivity index (χ1v) is 10.2. The summed E-state index contributed by atoms with van der Waals surface area (Å²) in [5.41, 5.74) is 1.26. The summed E-state index contributed by atoms with van der Waals surface area (Å²) in [6.07, 6.45) is 0.999. The number of thiazole rings is 1. The molecular formula is C15H14N4O6S2. The summed E-state index contributed by atoms with van der Waals surface area (Å²) >= 11 is 0.965. The third-order valence-corrected chi connectivity index (χ3v) is 5.57. The second-order valence-corrected chi connectivity index (χ2v) is 8.68. The zero-order valence-corrected chi connectivity index (χ0v) is 15.8. The highest BCUT2D eigenvalue weighted by atomic mass is 32.2. The van der Waals surface area contributed by atoms with Gasteiger partial charge >= 0.3 is 5.97 Å². The molecule has 27 heavy (non-hydrogen) atoms. The molecule has 0 saturated heterocycles. The van der Waals surface area contributed by atoms with Crippen LogP contribution in [0.25, 0.3) is 21.6 Å². The first-order chi connectivity index (χ1) is 12.5. The summed E-state index contributed by atoms with van der Waals surface area (Å²) in [6, 6.07) is 4.53. The van der Waals surface area contributed by atoms with E-state index in [4.69, 9.17) is 5.11 Å². The molecule has 0 unspecified atom stereocenters. The summed E-state index contributed by atoms with van der Waals surface area (Å²) in [7, 11) is -3.45. The fraction of sp³-hybridized carbons (Fsp3) is 0.200. The fourth-order valence-electron chi connectivity index (χ4n) is 2.57. The number of sulfonamides is 1. The molecule has 1 aromatic carbocycles. The van der Waals surface area contributed by atoms with Crippen molar-refractivity contribution >= 4 is 43.9 Å². The molecule has 0 saturated carbocycles. The number of hydrogen-bond donors (Lipinski definition) is 3. The number of aromatic nitrogens is 2. The average Bonchev–Trinajstić information content (AvgIpc) is 3.14. The second-order valence-electron chi connectivity index (χ2n) is 5.85. The molecule has 0 radical (unpaired) electrons. The zero-order valence-electron chi connectivity index (χ0n) is 14.1. The van der Waals surface area contributed by atoms with Gasteiger partial charge in [0.05, 0.1) is 22.6 Å². The Kier molecular flexibility index (Phi) is 4.71. The number of nitro benzene ring substituents is 1. The van der Waals surface area contributed by atoms with Gasteiger partial charge in [-0.3, -0.25) is 10.1 Å². The first kappa shape index (κ1) is 18.9. The molecule has 142 valence electrons. The largest absolute Gasteiger partial charge is 0.477 e. The van der Waals surface area contributed by atoms with Crippen LogP contribution in [-0.2, 0) is 16.6 Å². The van der Waals surface area contributed by atoms with Crippen molar-refractivity contribution < 1.29 is 23.2 Å². The van der Waals surface area contributed by atoms with Crippen molar-refractivity contribution in [3.63, 3.8) is 0 Å². The maximum atomic E-state index is 11.4. The molecule has 2 aromatic heterocycles. The van der Waals surface area contributed by atoms with E-state index in [1.165, 1.54) is 6.07 Å². The summed E-state index contributed by atoms with van der Waals surface area (Å²) in [4.78, 5) is 29.3. The minimum Gasteiger partial charge on any atom is -0.477 e. The molecule has 3 rings (SSSR count). The van der Waals surface area contributed by atoms with E-state index >= 15 is 0 Å². The van der Waals surface area contributed by atoms with Crippen LogP contribution in [0.2, 0.25) is 0 Å². The van der Waals surface area contributed by atoms with Crippen molar-refractivity contribution in [2.45, 2.75) is 13.5 Å². The lowest BCUT2D eigenvalue weighted by Crippen LogP contribution is -2.21. The molecule has 0 atom stereocenters. The number of non-ortho nitro benzene ring substituents is 1. The second kappa shape index (κ2) is 6.72. The Labute approximate surface area is 157 Å². The highest BCUT2D eigenvalue weighted by Crippen LogP contribution is 2.34. The Balaban J connectivity index is 2.10. The number of fused-ring (bicyclic) bond motifs is 1. The monoisotopic (exact) mass is 410 g/mol. The van der Waals surface area contributed by atoms with Gasteiger partial charge < -0.3 is 10.1 Å². The molecule has 0 aliphatic rings. The topological polar surface area (TPSA) is 155 Å². The number of nitro groups is 1. The Hall–Kier alpha value is -2.83. The van der Waals surface area contributed by atoms with E-state index in [-0.39, 0.29) is 22.6 Å². The third kappa shape index (κ3) is 3.97. The molecular weight excluding hydrogens is 396 g/mol. The quantitative estimate of drug-likeness (QED) is 0.416. The maximum absolute atomic E-state index is 11.4. The Morgan fingerprint density at radius 2 is 2.11 bits per heavy atom. The van der Waals surface area contributed by atoms with Gasteiger partial charge in [-0.05, 0) is 24.6 Å². The van der Waals surface area contributed by atoms with Crippen LogP contribution in [0.1, 0.15) is 20.9 Å². The van der Waals surface area contributed by atoms with Crippen LogP contribution in [0.5, 0.6) is 0 Å². The number of aromatic carboxylic acids is 1. The third-order valence-electron chi connectivity index (χ3n) is 3.72. The number of rotatable bonds is 6. The number of carbonyl (C=O) groups is 1. The molecule has 0 spiro atoms. The van der Waals surface area contributed by atoms with Crippen LogP contribution < -0.4 is 4.72 Å². The van der Waals surface area contributed by atoms with Crippen molar-refractivity contribution in [3.05, 3.63) is 44.4 Å². The van der Waals surface area contributed by atoms with Crippen molar-refractivity contribution in [2.24, 2.45) is 0 Å². The van der Waals surface area contributed by atoms with E-state index in [9.17, 15) is 23.3 Å². The van der Waals surface area contributed by atoms with Crippen molar-refractivity contribution in [2.75, 3.05) is 6.26 Å². The van der Waals surface area contributed by atoms with Crippen molar-refractivity contribution in [3.8, 4) is 10.7 Å². The van der Waals surface area contributed by atoms with Crippen LogP contribution >= 0.6 is 11.3 Å². The van der Waals surface area contributed by atoms with Gasteiger partial charge in [0.15, 0.2) is 0 Å². The molecule has 3 aromatic rings. The number of H-pyrrole nitrogens is 1. The number of aryl methyl sites for hydroxylation is 1. The Morgan fingerprint density at radius 1 is 1.41 bits per heavy atom. The zero-order chi connectivity index (χ0) is 19.9. The molecule has 0 aliphatic carbocycles. The maximum Gasteiger partial charge on any atom is 0.347 e. The lowest BCUT2D eigenvalue weighted by atomic mass is 10.1.